The van der Waals surface area contributed by atoms with Crippen LogP contribution in [0.3, 0.4) is 0 Å². The van der Waals surface area contributed by atoms with Gasteiger partial charge < -0.3 is 14.0 Å². The maximum Gasteiger partial charge on any atom is 0.181 e. The van der Waals surface area contributed by atoms with Crippen LogP contribution < -0.4 is 0 Å². The first kappa shape index (κ1) is 15.4. The highest BCUT2D eigenvalue weighted by atomic mass is 16.5. The number of benzene rings is 1. The molecule has 126 valence electrons. The molecule has 1 aromatic carbocycles. The van der Waals surface area contributed by atoms with Crippen molar-refractivity contribution in [1.82, 2.24) is 19.3 Å². The second kappa shape index (κ2) is 6.75. The zero-order chi connectivity index (χ0) is 16.4. The Kier molecular flexibility index (Phi) is 4.32. The van der Waals surface area contributed by atoms with Crippen LogP contribution in [0.1, 0.15) is 25.5 Å². The smallest absolute Gasteiger partial charge is 0.181 e. The van der Waals surface area contributed by atoms with E-state index < -0.39 is 0 Å². The predicted molar refractivity (Wildman–Crippen MR) is 91.7 cm³/mol. The van der Waals surface area contributed by atoms with Gasteiger partial charge in [0.2, 0.25) is 0 Å². The highest BCUT2D eigenvalue weighted by Gasteiger charge is 2.17. The minimum atomic E-state index is 0.0267. The Morgan fingerprint density at radius 2 is 2.25 bits per heavy atom. The fourth-order valence-corrected chi connectivity index (χ4v) is 3.20. The zero-order valence-electron chi connectivity index (χ0n) is 13.9. The number of fused-ring (bicyclic) bond motifs is 1. The van der Waals surface area contributed by atoms with Gasteiger partial charge in [-0.3, -0.25) is 0 Å². The molecule has 0 bridgehead atoms. The van der Waals surface area contributed by atoms with E-state index >= 15 is 0 Å². The molecule has 3 heterocycles. The van der Waals surface area contributed by atoms with Crippen LogP contribution in [0.2, 0.25) is 0 Å². The van der Waals surface area contributed by atoms with E-state index in [1.165, 1.54) is 17.3 Å². The molecule has 2 aromatic heterocycles. The van der Waals surface area contributed by atoms with E-state index in [4.69, 9.17) is 9.47 Å². The zero-order valence-corrected chi connectivity index (χ0v) is 13.9. The maximum absolute atomic E-state index is 5.77. The Hall–Kier alpha value is -2.18. The minimum absolute atomic E-state index is 0.0267. The van der Waals surface area contributed by atoms with Gasteiger partial charge in [0.15, 0.2) is 12.1 Å². The van der Waals surface area contributed by atoms with E-state index in [9.17, 15) is 0 Å². The monoisotopic (exact) mass is 326 g/mol. The number of ether oxygens (including phenoxy) is 2. The lowest BCUT2D eigenvalue weighted by Gasteiger charge is -2.21. The van der Waals surface area contributed by atoms with Crippen LogP contribution in [0.15, 0.2) is 36.8 Å². The molecule has 0 amide bonds. The second-order valence-electron chi connectivity index (χ2n) is 6.14. The van der Waals surface area contributed by atoms with Gasteiger partial charge in [0.1, 0.15) is 6.33 Å². The van der Waals surface area contributed by atoms with E-state index in [2.05, 4.69) is 45.1 Å². The van der Waals surface area contributed by atoms with Crippen LogP contribution in [0, 0.1) is 0 Å². The lowest BCUT2D eigenvalue weighted by molar-refractivity contribution is -0.0395. The predicted octanol–water partition coefficient (Wildman–Crippen LogP) is 3.25. The molecule has 24 heavy (non-hydrogen) atoms. The summed E-state index contributed by atoms with van der Waals surface area (Å²) in [6.45, 7) is 2.37. The summed E-state index contributed by atoms with van der Waals surface area (Å²) in [5.41, 5.74) is 2.23. The molecule has 3 aromatic rings. The number of nitrogens with zero attached hydrogens (tertiary/aromatic N) is 4. The van der Waals surface area contributed by atoms with Crippen molar-refractivity contribution in [2.45, 2.75) is 32.0 Å². The average molecular weight is 326 g/mol. The Labute approximate surface area is 141 Å². The summed E-state index contributed by atoms with van der Waals surface area (Å²) in [5, 5.41) is 5.81. The van der Waals surface area contributed by atoms with Crippen molar-refractivity contribution < 1.29 is 9.47 Å². The average Bonchev–Trinajstić information content (AvgIpc) is 3.27. The molecule has 4 rings (SSSR count). The summed E-state index contributed by atoms with van der Waals surface area (Å²) >= 11 is 0. The van der Waals surface area contributed by atoms with E-state index in [-0.39, 0.29) is 6.23 Å². The molecule has 0 N–H and O–H groups in total. The third-order valence-corrected chi connectivity index (χ3v) is 4.52. The van der Waals surface area contributed by atoms with Crippen LogP contribution in [-0.4, -0.2) is 39.7 Å². The molecule has 1 atom stereocenters. The first-order chi connectivity index (χ1) is 11.8. The van der Waals surface area contributed by atoms with Gasteiger partial charge >= 0.3 is 0 Å². The van der Waals surface area contributed by atoms with Gasteiger partial charge in [0, 0.05) is 42.9 Å². The third-order valence-electron chi connectivity index (χ3n) is 4.52. The molecule has 1 aliphatic rings. The lowest BCUT2D eigenvalue weighted by Crippen LogP contribution is -2.18. The molecule has 0 aliphatic carbocycles. The minimum Gasteiger partial charge on any atom is -0.383 e. The highest BCUT2D eigenvalue weighted by Crippen LogP contribution is 2.25. The van der Waals surface area contributed by atoms with E-state index in [1.807, 2.05) is 4.68 Å². The summed E-state index contributed by atoms with van der Waals surface area (Å²) in [4.78, 5) is 4.47. The Morgan fingerprint density at radius 1 is 1.29 bits per heavy atom. The Morgan fingerprint density at radius 3 is 3.08 bits per heavy atom. The molecule has 6 heteroatoms. The van der Waals surface area contributed by atoms with Crippen molar-refractivity contribution in [2.75, 3.05) is 20.3 Å². The molecule has 0 radical (unpaired) electrons. The van der Waals surface area contributed by atoms with Crippen LogP contribution >= 0.6 is 0 Å². The van der Waals surface area contributed by atoms with Crippen molar-refractivity contribution in [3.05, 3.63) is 36.8 Å². The fraction of sp³-hybridized carbons (Fsp3) is 0.444. The summed E-state index contributed by atoms with van der Waals surface area (Å²) in [6, 6.07) is 8.46. The van der Waals surface area contributed by atoms with Crippen molar-refractivity contribution in [1.29, 1.82) is 0 Å². The topological polar surface area (TPSA) is 54.1 Å². The molecule has 1 aliphatic heterocycles. The van der Waals surface area contributed by atoms with E-state index in [0.717, 1.165) is 37.4 Å². The van der Waals surface area contributed by atoms with Gasteiger partial charge in [-0.1, -0.05) is 0 Å². The van der Waals surface area contributed by atoms with Gasteiger partial charge in [-0.2, -0.15) is 0 Å². The molecule has 6 nitrogen and oxygen atoms in total. The summed E-state index contributed by atoms with van der Waals surface area (Å²) in [7, 11) is 1.72. The quantitative estimate of drug-likeness (QED) is 0.722. The SMILES string of the molecule is COCCn1ccc2cc(-c3ncn(C4CCCCO4)n3)ccc21. The van der Waals surface area contributed by atoms with Crippen LogP contribution in [0.25, 0.3) is 22.3 Å². The maximum atomic E-state index is 5.77. The number of aromatic nitrogens is 4. The van der Waals surface area contributed by atoms with Crippen LogP contribution in [0.5, 0.6) is 0 Å². The first-order valence-electron chi connectivity index (χ1n) is 8.46. The highest BCUT2D eigenvalue weighted by molar-refractivity contribution is 5.84. The molecule has 0 spiro atoms. The number of hydrogen-bond acceptors (Lipinski definition) is 4. The third kappa shape index (κ3) is 2.95. The van der Waals surface area contributed by atoms with Gasteiger partial charge in [-0.25, -0.2) is 9.67 Å². The van der Waals surface area contributed by atoms with Gasteiger partial charge in [-0.15, -0.1) is 5.10 Å². The molecule has 1 saturated heterocycles. The standard InChI is InChI=1S/C18H22N4O2/c1-23-11-9-21-8-7-14-12-15(5-6-16(14)21)18-19-13-22(20-18)17-4-2-3-10-24-17/h5-8,12-13,17H,2-4,9-11H2,1H3. The van der Waals surface area contributed by atoms with Crippen molar-refractivity contribution >= 4 is 10.9 Å². The molecule has 0 saturated carbocycles. The summed E-state index contributed by atoms with van der Waals surface area (Å²) in [5.74, 6) is 0.746. The molecular weight excluding hydrogens is 304 g/mol. The normalized spacial score (nSPS) is 18.3. The largest absolute Gasteiger partial charge is 0.383 e. The van der Waals surface area contributed by atoms with Crippen molar-refractivity contribution in [3.63, 3.8) is 0 Å². The van der Waals surface area contributed by atoms with E-state index in [0.29, 0.717) is 6.61 Å². The van der Waals surface area contributed by atoms with Crippen molar-refractivity contribution in [2.24, 2.45) is 0 Å². The van der Waals surface area contributed by atoms with Crippen LogP contribution in [-0.2, 0) is 16.0 Å². The van der Waals surface area contributed by atoms with Crippen molar-refractivity contribution in [3.8, 4) is 11.4 Å². The van der Waals surface area contributed by atoms with Gasteiger partial charge in [0.25, 0.3) is 0 Å². The van der Waals surface area contributed by atoms with Gasteiger partial charge in [-0.05, 0) is 43.5 Å². The Balaban J connectivity index is 1.59. The van der Waals surface area contributed by atoms with E-state index in [1.54, 1.807) is 13.4 Å². The Bertz CT molecular complexity index is 817. The summed E-state index contributed by atoms with van der Waals surface area (Å²) in [6.07, 6.45) is 7.22. The fourth-order valence-electron chi connectivity index (χ4n) is 3.20. The second-order valence-corrected chi connectivity index (χ2v) is 6.14. The number of rotatable bonds is 5. The summed E-state index contributed by atoms with van der Waals surface area (Å²) < 4.78 is 15.0. The lowest BCUT2D eigenvalue weighted by atomic mass is 10.1. The van der Waals surface area contributed by atoms with Crippen LogP contribution in [0.4, 0.5) is 0 Å². The molecule has 1 fully saturated rings. The molecular formula is C18H22N4O2. The first-order valence-corrected chi connectivity index (χ1v) is 8.46. The number of methoxy groups -OCH3 is 1. The van der Waals surface area contributed by atoms with Gasteiger partial charge in [0.05, 0.1) is 6.61 Å². The molecule has 1 unspecified atom stereocenters. The number of hydrogen-bond donors (Lipinski definition) is 0.